The Labute approximate surface area is 302 Å². The minimum absolute atomic E-state index is 0.513. The third-order valence-corrected chi connectivity index (χ3v) is 14.9. The fraction of sp³-hybridized carbons (Fsp3) is 0. The number of benzene rings is 7. The average molecular weight is 686 g/mol. The van der Waals surface area contributed by atoms with Crippen molar-refractivity contribution in [1.29, 1.82) is 0 Å². The standard InChI is InChI=1S/C46H31N3O2Si/c1-4-14-34(15-5-1)52(35-16-6-2-7-17-35,36-18-8-3-9-19-36)37-26-24-32(25-27-37)38-30-33(31-39-44-46(51-45(38)39)48-29-28-47-44)49-40-20-10-12-22-42(40)50-43-23-13-11-21-41(43)49/h1-31H. The Hall–Kier alpha value is -6.76. The summed E-state index contributed by atoms with van der Waals surface area (Å²) in [5, 5.41) is 6.22. The number of fused-ring (bicyclic) bond motifs is 5. The highest BCUT2D eigenvalue weighted by Gasteiger charge is 2.41. The molecular weight excluding hydrogens is 655 g/mol. The van der Waals surface area contributed by atoms with E-state index in [1.807, 2.05) is 36.4 Å². The normalized spacial score (nSPS) is 12.3. The second kappa shape index (κ2) is 12.2. The minimum Gasteiger partial charge on any atom is -0.453 e. The molecular formula is C46H31N3O2Si. The first-order valence-electron chi connectivity index (χ1n) is 17.4. The smallest absolute Gasteiger partial charge is 0.246 e. The number of nitrogens with zero attached hydrogens (tertiary/aromatic N) is 3. The molecule has 0 amide bonds. The highest BCUT2D eigenvalue weighted by Crippen LogP contribution is 2.51. The maximum absolute atomic E-state index is 6.52. The summed E-state index contributed by atoms with van der Waals surface area (Å²) in [5.74, 6) is 1.60. The zero-order chi connectivity index (χ0) is 34.5. The zero-order valence-electron chi connectivity index (χ0n) is 28.1. The molecule has 9 aromatic rings. The fourth-order valence-corrected chi connectivity index (χ4v) is 12.6. The van der Waals surface area contributed by atoms with E-state index in [4.69, 9.17) is 14.1 Å². The molecule has 6 heteroatoms. The molecule has 1 aliphatic rings. The predicted molar refractivity (Wildman–Crippen MR) is 213 cm³/mol. The maximum atomic E-state index is 6.52. The molecule has 0 saturated carbocycles. The van der Waals surface area contributed by atoms with Crippen molar-refractivity contribution in [2.75, 3.05) is 4.90 Å². The van der Waals surface area contributed by atoms with Gasteiger partial charge in [0.25, 0.3) is 0 Å². The molecule has 0 saturated heterocycles. The van der Waals surface area contributed by atoms with Gasteiger partial charge in [0.15, 0.2) is 19.6 Å². The predicted octanol–water partition coefficient (Wildman–Crippen LogP) is 9.00. The van der Waals surface area contributed by atoms with Crippen LogP contribution in [-0.4, -0.2) is 18.0 Å². The maximum Gasteiger partial charge on any atom is 0.246 e. The first-order chi connectivity index (χ1) is 25.8. The van der Waals surface area contributed by atoms with Gasteiger partial charge < -0.3 is 14.1 Å². The van der Waals surface area contributed by atoms with Crippen molar-refractivity contribution in [1.82, 2.24) is 9.97 Å². The first-order valence-corrected chi connectivity index (χ1v) is 19.4. The quantitative estimate of drug-likeness (QED) is 0.129. The molecule has 0 atom stereocenters. The number of para-hydroxylation sites is 4. The van der Waals surface area contributed by atoms with Gasteiger partial charge in [-0.2, -0.15) is 0 Å². The number of hydrogen-bond acceptors (Lipinski definition) is 5. The van der Waals surface area contributed by atoms with E-state index in [2.05, 4.69) is 149 Å². The molecule has 246 valence electrons. The molecule has 0 bridgehead atoms. The molecule has 3 heterocycles. The molecule has 0 aliphatic carbocycles. The molecule has 7 aromatic carbocycles. The number of ether oxygens (including phenoxy) is 1. The Kier molecular flexibility index (Phi) is 7.08. The molecule has 0 spiro atoms. The van der Waals surface area contributed by atoms with E-state index in [9.17, 15) is 0 Å². The molecule has 0 unspecified atom stereocenters. The van der Waals surface area contributed by atoms with E-state index in [1.54, 1.807) is 12.4 Å². The van der Waals surface area contributed by atoms with E-state index in [0.717, 1.165) is 56.2 Å². The van der Waals surface area contributed by atoms with Crippen LogP contribution in [0.4, 0.5) is 17.1 Å². The monoisotopic (exact) mass is 685 g/mol. The van der Waals surface area contributed by atoms with Gasteiger partial charge in [-0.15, -0.1) is 0 Å². The van der Waals surface area contributed by atoms with Crippen molar-refractivity contribution >= 4 is 68.1 Å². The summed E-state index contributed by atoms with van der Waals surface area (Å²) in [6.45, 7) is 0. The lowest BCUT2D eigenvalue weighted by Gasteiger charge is -2.34. The highest BCUT2D eigenvalue weighted by atomic mass is 28.3. The van der Waals surface area contributed by atoms with Crippen LogP contribution in [0.5, 0.6) is 11.5 Å². The Morgan fingerprint density at radius 3 is 1.56 bits per heavy atom. The van der Waals surface area contributed by atoms with Crippen molar-refractivity contribution in [3.05, 3.63) is 188 Å². The Morgan fingerprint density at radius 1 is 0.481 bits per heavy atom. The zero-order valence-corrected chi connectivity index (χ0v) is 29.1. The van der Waals surface area contributed by atoms with Crippen LogP contribution in [0.1, 0.15) is 0 Å². The van der Waals surface area contributed by atoms with Crippen molar-refractivity contribution < 1.29 is 9.15 Å². The molecule has 0 radical (unpaired) electrons. The van der Waals surface area contributed by atoms with E-state index in [-0.39, 0.29) is 0 Å². The summed E-state index contributed by atoms with van der Waals surface area (Å²) in [7, 11) is -2.69. The summed E-state index contributed by atoms with van der Waals surface area (Å²) in [6.07, 6.45) is 3.40. The Morgan fingerprint density at radius 2 is 0.981 bits per heavy atom. The molecule has 52 heavy (non-hydrogen) atoms. The molecule has 0 N–H and O–H groups in total. The van der Waals surface area contributed by atoms with E-state index in [1.165, 1.54) is 20.7 Å². The van der Waals surface area contributed by atoms with Crippen LogP contribution in [0.3, 0.4) is 0 Å². The topological polar surface area (TPSA) is 51.4 Å². The minimum atomic E-state index is -2.69. The molecule has 10 rings (SSSR count). The largest absolute Gasteiger partial charge is 0.453 e. The van der Waals surface area contributed by atoms with Crippen LogP contribution in [-0.2, 0) is 0 Å². The summed E-state index contributed by atoms with van der Waals surface area (Å²) in [5.41, 5.74) is 6.91. The van der Waals surface area contributed by atoms with Gasteiger partial charge in [0.2, 0.25) is 5.71 Å². The van der Waals surface area contributed by atoms with Crippen molar-refractivity contribution in [2.24, 2.45) is 0 Å². The average Bonchev–Trinajstić information content (AvgIpc) is 3.60. The lowest BCUT2D eigenvalue weighted by molar-refractivity contribution is 0.477. The van der Waals surface area contributed by atoms with Crippen LogP contribution in [0.25, 0.3) is 33.3 Å². The summed E-state index contributed by atoms with van der Waals surface area (Å²) >= 11 is 0. The third-order valence-electron chi connectivity index (χ3n) is 10.1. The van der Waals surface area contributed by atoms with Gasteiger partial charge in [-0.05, 0) is 62.7 Å². The Bertz CT molecular complexity index is 2570. The highest BCUT2D eigenvalue weighted by molar-refractivity contribution is 7.19. The van der Waals surface area contributed by atoms with Gasteiger partial charge in [0.1, 0.15) is 11.1 Å². The SMILES string of the molecule is c1ccc([Si](c2ccccc2)(c2ccccc2)c2ccc(-c3cc(N4c5ccccc5Oc5ccccc54)cc4c3oc3nccnc34)cc2)cc1. The fourth-order valence-electron chi connectivity index (χ4n) is 7.87. The van der Waals surface area contributed by atoms with Crippen LogP contribution < -0.4 is 30.4 Å². The van der Waals surface area contributed by atoms with Gasteiger partial charge in [0, 0.05) is 23.6 Å². The molecule has 1 aliphatic heterocycles. The molecule has 5 nitrogen and oxygen atoms in total. The van der Waals surface area contributed by atoms with Gasteiger partial charge in [-0.1, -0.05) is 140 Å². The van der Waals surface area contributed by atoms with Crippen LogP contribution >= 0.6 is 0 Å². The van der Waals surface area contributed by atoms with E-state index < -0.39 is 8.07 Å². The summed E-state index contributed by atoms with van der Waals surface area (Å²) in [6, 6.07) is 62.8. The summed E-state index contributed by atoms with van der Waals surface area (Å²) < 4.78 is 12.9. The van der Waals surface area contributed by atoms with Gasteiger partial charge in [0.05, 0.1) is 16.8 Å². The van der Waals surface area contributed by atoms with Crippen molar-refractivity contribution in [3.8, 4) is 22.6 Å². The number of anilines is 3. The number of furan rings is 1. The van der Waals surface area contributed by atoms with Gasteiger partial charge in [-0.25, -0.2) is 9.97 Å². The number of hydrogen-bond donors (Lipinski definition) is 0. The Balaban J connectivity index is 1.21. The van der Waals surface area contributed by atoms with E-state index in [0.29, 0.717) is 5.71 Å². The lowest BCUT2D eigenvalue weighted by Crippen LogP contribution is -2.74. The third kappa shape index (κ3) is 4.69. The number of rotatable bonds is 6. The van der Waals surface area contributed by atoms with Crippen LogP contribution in [0.15, 0.2) is 193 Å². The van der Waals surface area contributed by atoms with E-state index >= 15 is 0 Å². The van der Waals surface area contributed by atoms with Gasteiger partial charge >= 0.3 is 0 Å². The lowest BCUT2D eigenvalue weighted by atomic mass is 10.0. The second-order valence-electron chi connectivity index (χ2n) is 13.0. The van der Waals surface area contributed by atoms with Crippen molar-refractivity contribution in [2.45, 2.75) is 0 Å². The van der Waals surface area contributed by atoms with Crippen LogP contribution in [0, 0.1) is 0 Å². The van der Waals surface area contributed by atoms with Gasteiger partial charge in [-0.3, -0.25) is 0 Å². The molecule has 0 fully saturated rings. The molecule has 2 aromatic heterocycles. The van der Waals surface area contributed by atoms with Crippen LogP contribution in [0.2, 0.25) is 0 Å². The summed E-state index contributed by atoms with van der Waals surface area (Å²) in [4.78, 5) is 11.6. The number of aromatic nitrogens is 2. The van der Waals surface area contributed by atoms with Crippen molar-refractivity contribution in [3.63, 3.8) is 0 Å². The second-order valence-corrected chi connectivity index (χ2v) is 16.8. The first kappa shape index (κ1) is 30.1.